The SMILES string of the molecule is CCCCCCCN(Cc1ccc(OC(C)(C)C(=O)OCC)cc1)C(=O)Nc1ccc(Cl)cc1OCc1ccc(C(C)(C)C)cc1. The maximum Gasteiger partial charge on any atom is 0.349 e. The van der Waals surface area contributed by atoms with Gasteiger partial charge in [0, 0.05) is 24.2 Å². The summed E-state index contributed by atoms with van der Waals surface area (Å²) in [5.41, 5.74) is 2.73. The zero-order chi connectivity index (χ0) is 33.7. The van der Waals surface area contributed by atoms with E-state index in [4.69, 9.17) is 25.8 Å². The molecule has 0 aliphatic rings. The lowest BCUT2D eigenvalue weighted by molar-refractivity contribution is -0.158. The van der Waals surface area contributed by atoms with E-state index < -0.39 is 11.6 Å². The molecule has 0 bridgehead atoms. The molecule has 0 aliphatic carbocycles. The Morgan fingerprint density at radius 2 is 1.48 bits per heavy atom. The first kappa shape index (κ1) is 36.8. The van der Waals surface area contributed by atoms with Crippen LogP contribution in [0.5, 0.6) is 11.5 Å². The summed E-state index contributed by atoms with van der Waals surface area (Å²) < 4.78 is 17.2. The molecule has 46 heavy (non-hydrogen) atoms. The summed E-state index contributed by atoms with van der Waals surface area (Å²) in [4.78, 5) is 27.8. The third-order valence-corrected chi connectivity index (χ3v) is 7.89. The highest BCUT2D eigenvalue weighted by Crippen LogP contribution is 2.30. The highest BCUT2D eigenvalue weighted by atomic mass is 35.5. The lowest BCUT2D eigenvalue weighted by Crippen LogP contribution is -2.39. The molecule has 3 aromatic rings. The van der Waals surface area contributed by atoms with Crippen LogP contribution in [0.3, 0.4) is 0 Å². The molecule has 0 atom stereocenters. The Kier molecular flexibility index (Phi) is 13.8. The minimum atomic E-state index is -1.11. The number of unbranched alkanes of at least 4 members (excludes halogenated alkanes) is 4. The minimum Gasteiger partial charge on any atom is -0.487 e. The Bertz CT molecular complexity index is 1400. The number of rotatable bonds is 16. The lowest BCUT2D eigenvalue weighted by atomic mass is 9.87. The van der Waals surface area contributed by atoms with Gasteiger partial charge < -0.3 is 24.4 Å². The first-order valence-electron chi connectivity index (χ1n) is 16.3. The molecule has 8 heteroatoms. The van der Waals surface area contributed by atoms with Crippen molar-refractivity contribution in [2.75, 3.05) is 18.5 Å². The quantitative estimate of drug-likeness (QED) is 0.123. The molecule has 2 amide bonds. The Morgan fingerprint density at radius 1 is 0.826 bits per heavy atom. The Labute approximate surface area is 280 Å². The highest BCUT2D eigenvalue weighted by Gasteiger charge is 2.31. The lowest BCUT2D eigenvalue weighted by Gasteiger charge is -2.25. The minimum absolute atomic E-state index is 0.0719. The standard InChI is InChI=1S/C38H51ClN2O5/c1-8-10-11-12-13-24-41(26-28-16-21-32(22-17-28)46-38(6,7)35(42)44-9-2)36(43)40-33-23-20-31(39)25-34(33)45-27-29-14-18-30(19-15-29)37(3,4)5/h14-23,25H,8-13,24,26-27H2,1-7H3,(H,40,43). The van der Waals surface area contributed by atoms with Crippen molar-refractivity contribution in [1.29, 1.82) is 0 Å². The van der Waals surface area contributed by atoms with Crippen molar-refractivity contribution in [3.63, 3.8) is 0 Å². The number of ether oxygens (including phenoxy) is 3. The Hall–Kier alpha value is -3.71. The van der Waals surface area contributed by atoms with E-state index in [1.54, 1.807) is 39.0 Å². The Morgan fingerprint density at radius 3 is 2.11 bits per heavy atom. The van der Waals surface area contributed by atoms with Crippen LogP contribution in [0.4, 0.5) is 10.5 Å². The van der Waals surface area contributed by atoms with Crippen molar-refractivity contribution < 1.29 is 23.8 Å². The van der Waals surface area contributed by atoms with Gasteiger partial charge in [-0.2, -0.15) is 0 Å². The van der Waals surface area contributed by atoms with Crippen LogP contribution in [0.15, 0.2) is 66.7 Å². The van der Waals surface area contributed by atoms with Gasteiger partial charge in [0.15, 0.2) is 5.60 Å². The number of benzene rings is 3. The van der Waals surface area contributed by atoms with Gasteiger partial charge in [-0.25, -0.2) is 9.59 Å². The molecule has 1 N–H and O–H groups in total. The average Bonchev–Trinajstić information content (AvgIpc) is 3.01. The molecule has 0 aliphatic heterocycles. The van der Waals surface area contributed by atoms with Gasteiger partial charge in [-0.3, -0.25) is 0 Å². The molecule has 0 spiro atoms. The van der Waals surface area contributed by atoms with E-state index in [0.29, 0.717) is 41.9 Å². The second kappa shape index (κ2) is 17.3. The molecule has 0 unspecified atom stereocenters. The van der Waals surface area contributed by atoms with Crippen LogP contribution in [0.1, 0.15) is 97.3 Å². The number of nitrogens with zero attached hydrogens (tertiary/aromatic N) is 1. The zero-order valence-electron chi connectivity index (χ0n) is 28.6. The smallest absolute Gasteiger partial charge is 0.349 e. The molecule has 0 radical (unpaired) electrons. The molecular formula is C38H51ClN2O5. The van der Waals surface area contributed by atoms with E-state index in [1.165, 1.54) is 12.0 Å². The zero-order valence-corrected chi connectivity index (χ0v) is 29.3. The summed E-state index contributed by atoms with van der Waals surface area (Å²) in [5, 5.41) is 3.59. The fourth-order valence-electron chi connectivity index (χ4n) is 4.86. The van der Waals surface area contributed by atoms with Crippen LogP contribution in [-0.2, 0) is 28.1 Å². The van der Waals surface area contributed by atoms with Gasteiger partial charge in [-0.15, -0.1) is 0 Å². The van der Waals surface area contributed by atoms with Crippen molar-refractivity contribution in [1.82, 2.24) is 4.90 Å². The summed E-state index contributed by atoms with van der Waals surface area (Å²) in [6, 6.07) is 20.9. The van der Waals surface area contributed by atoms with Crippen LogP contribution < -0.4 is 14.8 Å². The molecule has 7 nitrogen and oxygen atoms in total. The van der Waals surface area contributed by atoms with Crippen LogP contribution in [0, 0.1) is 0 Å². The third kappa shape index (κ3) is 11.6. The molecular weight excluding hydrogens is 600 g/mol. The van der Waals surface area contributed by atoms with E-state index >= 15 is 0 Å². The molecule has 3 aromatic carbocycles. The van der Waals surface area contributed by atoms with Gasteiger partial charge in [-0.1, -0.05) is 101 Å². The summed E-state index contributed by atoms with van der Waals surface area (Å²) >= 11 is 6.33. The normalized spacial score (nSPS) is 11.6. The summed E-state index contributed by atoms with van der Waals surface area (Å²) in [6.45, 7) is 15.5. The summed E-state index contributed by atoms with van der Waals surface area (Å²) in [5.74, 6) is 0.636. The molecule has 3 rings (SSSR count). The van der Waals surface area contributed by atoms with E-state index in [1.807, 2.05) is 29.2 Å². The van der Waals surface area contributed by atoms with Gasteiger partial charge >= 0.3 is 12.0 Å². The van der Waals surface area contributed by atoms with Crippen molar-refractivity contribution >= 4 is 29.3 Å². The fourth-order valence-corrected chi connectivity index (χ4v) is 5.02. The Balaban J connectivity index is 1.72. The highest BCUT2D eigenvalue weighted by molar-refractivity contribution is 6.30. The van der Waals surface area contributed by atoms with Crippen molar-refractivity contribution in [2.24, 2.45) is 0 Å². The average molecular weight is 651 g/mol. The number of carbonyl (C=O) groups is 2. The van der Waals surface area contributed by atoms with Gasteiger partial charge in [0.25, 0.3) is 0 Å². The van der Waals surface area contributed by atoms with Gasteiger partial charge in [0.1, 0.15) is 18.1 Å². The molecule has 0 fully saturated rings. The van der Waals surface area contributed by atoms with Crippen LogP contribution in [0.2, 0.25) is 5.02 Å². The number of carbonyl (C=O) groups excluding carboxylic acids is 2. The maximum atomic E-state index is 13.7. The number of nitrogens with one attached hydrogen (secondary N) is 1. The molecule has 0 saturated heterocycles. The van der Waals surface area contributed by atoms with E-state index in [9.17, 15) is 9.59 Å². The number of halogens is 1. The van der Waals surface area contributed by atoms with Crippen LogP contribution in [-0.4, -0.2) is 35.7 Å². The van der Waals surface area contributed by atoms with Crippen molar-refractivity contribution in [2.45, 2.75) is 105 Å². The number of hydrogen-bond donors (Lipinski definition) is 1. The number of anilines is 1. The summed E-state index contributed by atoms with van der Waals surface area (Å²) in [7, 11) is 0. The molecule has 0 heterocycles. The first-order valence-corrected chi connectivity index (χ1v) is 16.7. The third-order valence-electron chi connectivity index (χ3n) is 7.66. The van der Waals surface area contributed by atoms with Gasteiger partial charge in [0.2, 0.25) is 0 Å². The van der Waals surface area contributed by atoms with E-state index in [-0.39, 0.29) is 18.1 Å². The number of urea groups is 1. The molecule has 250 valence electrons. The van der Waals surface area contributed by atoms with E-state index in [0.717, 1.165) is 36.8 Å². The van der Waals surface area contributed by atoms with E-state index in [2.05, 4.69) is 57.3 Å². The van der Waals surface area contributed by atoms with Gasteiger partial charge in [0.05, 0.1) is 12.3 Å². The maximum absolute atomic E-state index is 13.7. The van der Waals surface area contributed by atoms with Crippen molar-refractivity contribution in [3.05, 3.63) is 88.4 Å². The van der Waals surface area contributed by atoms with Crippen molar-refractivity contribution in [3.8, 4) is 11.5 Å². The van der Waals surface area contributed by atoms with Crippen LogP contribution in [0.25, 0.3) is 0 Å². The van der Waals surface area contributed by atoms with Crippen LogP contribution >= 0.6 is 11.6 Å². The topological polar surface area (TPSA) is 77.1 Å². The monoisotopic (exact) mass is 650 g/mol. The predicted octanol–water partition coefficient (Wildman–Crippen LogP) is 9.94. The largest absolute Gasteiger partial charge is 0.487 e. The predicted molar refractivity (Wildman–Crippen MR) is 187 cm³/mol. The summed E-state index contributed by atoms with van der Waals surface area (Å²) in [6.07, 6.45) is 5.43. The second-order valence-electron chi connectivity index (χ2n) is 13.1. The second-order valence-corrected chi connectivity index (χ2v) is 13.6. The number of esters is 1. The first-order chi connectivity index (χ1) is 21.8. The molecule has 0 aromatic heterocycles. The number of hydrogen-bond acceptors (Lipinski definition) is 5. The number of amides is 2. The molecule has 0 saturated carbocycles. The van der Waals surface area contributed by atoms with Gasteiger partial charge in [-0.05, 0) is 73.6 Å². The fraction of sp³-hybridized carbons (Fsp3) is 0.474.